The zero-order chi connectivity index (χ0) is 21.7. The molecule has 0 saturated heterocycles. The highest BCUT2D eigenvalue weighted by molar-refractivity contribution is 5.98. The Morgan fingerprint density at radius 3 is 2.28 bits per heavy atom. The lowest BCUT2D eigenvalue weighted by Gasteiger charge is -2.28. The van der Waals surface area contributed by atoms with Crippen molar-refractivity contribution in [3.63, 3.8) is 0 Å². The predicted octanol–water partition coefficient (Wildman–Crippen LogP) is 3.82. The van der Waals surface area contributed by atoms with Crippen LogP contribution in [-0.2, 0) is 30.5 Å². The number of carboxylic acid groups (broad SMARTS) is 2. The van der Waals surface area contributed by atoms with Gasteiger partial charge in [0, 0.05) is 18.8 Å². The summed E-state index contributed by atoms with van der Waals surface area (Å²) in [6, 6.07) is 8.96. The van der Waals surface area contributed by atoms with Crippen LogP contribution in [0.1, 0.15) is 51.0 Å². The third kappa shape index (κ3) is 8.07. The van der Waals surface area contributed by atoms with Gasteiger partial charge < -0.3 is 19.7 Å². The molecule has 2 N–H and O–H groups in total. The number of rotatable bonds is 15. The summed E-state index contributed by atoms with van der Waals surface area (Å²) in [6.07, 6.45) is 2.26. The molecular weight excluding hydrogens is 376 g/mol. The third-order valence-electron chi connectivity index (χ3n) is 4.78. The zero-order valence-corrected chi connectivity index (χ0v) is 16.9. The average molecular weight is 406 g/mol. The molecule has 0 heterocycles. The second kappa shape index (κ2) is 12.7. The standard InChI is InChI=1S/C22H30O7/c1-3-28-14-10-5-4-9-13-22(21(26)27,17(2)20(24)25)15-19(23)29-16-18-11-7-6-8-12-18/h6-8,11-12H,2-5,9-10,13-16H2,1H3,(H,24,25)(H,26,27). The molecule has 160 valence electrons. The molecule has 7 nitrogen and oxygen atoms in total. The Kier molecular flexibility index (Phi) is 10.7. The van der Waals surface area contributed by atoms with Crippen LogP contribution in [0.15, 0.2) is 42.5 Å². The molecule has 1 rings (SSSR count). The topological polar surface area (TPSA) is 110 Å². The summed E-state index contributed by atoms with van der Waals surface area (Å²) in [7, 11) is 0. The van der Waals surface area contributed by atoms with Crippen LogP contribution in [0.3, 0.4) is 0 Å². The number of carbonyl (C=O) groups excluding carboxylic acids is 1. The summed E-state index contributed by atoms with van der Waals surface area (Å²) in [5.74, 6) is -3.58. The Labute approximate surface area is 171 Å². The SMILES string of the molecule is C=C(C(=O)O)C(CCCCCCOCC)(CC(=O)OCc1ccccc1)C(=O)O. The maximum atomic E-state index is 12.3. The van der Waals surface area contributed by atoms with Gasteiger partial charge in [0.05, 0.1) is 6.42 Å². The van der Waals surface area contributed by atoms with Gasteiger partial charge in [0.25, 0.3) is 0 Å². The first-order valence-electron chi connectivity index (χ1n) is 9.77. The van der Waals surface area contributed by atoms with Gasteiger partial charge in [0.1, 0.15) is 12.0 Å². The minimum atomic E-state index is -1.89. The Morgan fingerprint density at radius 2 is 1.69 bits per heavy atom. The normalized spacial score (nSPS) is 12.7. The van der Waals surface area contributed by atoms with Gasteiger partial charge in [-0.2, -0.15) is 0 Å². The quantitative estimate of drug-likeness (QED) is 0.259. The summed E-state index contributed by atoms with van der Waals surface area (Å²) >= 11 is 0. The molecule has 0 aliphatic carbocycles. The van der Waals surface area contributed by atoms with E-state index in [-0.39, 0.29) is 13.0 Å². The summed E-state index contributed by atoms with van der Waals surface area (Å²) < 4.78 is 10.4. The summed E-state index contributed by atoms with van der Waals surface area (Å²) in [6.45, 7) is 6.63. The third-order valence-corrected chi connectivity index (χ3v) is 4.78. The molecule has 1 unspecified atom stereocenters. The van der Waals surface area contributed by atoms with E-state index in [1.54, 1.807) is 24.3 Å². The van der Waals surface area contributed by atoms with E-state index in [2.05, 4.69) is 6.58 Å². The maximum Gasteiger partial charge on any atom is 0.332 e. The van der Waals surface area contributed by atoms with Crippen molar-refractivity contribution >= 4 is 17.9 Å². The van der Waals surface area contributed by atoms with Crippen molar-refractivity contribution in [2.24, 2.45) is 5.41 Å². The molecule has 0 aromatic heterocycles. The van der Waals surface area contributed by atoms with E-state index in [0.717, 1.165) is 18.4 Å². The summed E-state index contributed by atoms with van der Waals surface area (Å²) in [5.41, 5.74) is -1.64. The molecule has 0 fully saturated rings. The number of benzene rings is 1. The monoisotopic (exact) mass is 406 g/mol. The molecule has 0 spiro atoms. The molecule has 0 aliphatic rings. The Balaban J connectivity index is 2.75. The van der Waals surface area contributed by atoms with E-state index in [0.29, 0.717) is 26.1 Å². The lowest BCUT2D eigenvalue weighted by atomic mass is 9.73. The minimum Gasteiger partial charge on any atom is -0.481 e. The number of aliphatic carboxylic acids is 2. The molecule has 0 radical (unpaired) electrons. The van der Waals surface area contributed by atoms with Crippen LogP contribution in [0.2, 0.25) is 0 Å². The van der Waals surface area contributed by atoms with Crippen LogP contribution >= 0.6 is 0 Å². The largest absolute Gasteiger partial charge is 0.481 e. The Bertz CT molecular complexity index is 684. The molecule has 1 aromatic carbocycles. The minimum absolute atomic E-state index is 0.00252. The van der Waals surface area contributed by atoms with Crippen molar-refractivity contribution in [2.45, 2.75) is 52.1 Å². The van der Waals surface area contributed by atoms with Gasteiger partial charge in [-0.1, -0.05) is 56.2 Å². The van der Waals surface area contributed by atoms with Crippen LogP contribution in [0.5, 0.6) is 0 Å². The van der Waals surface area contributed by atoms with Gasteiger partial charge >= 0.3 is 17.9 Å². The van der Waals surface area contributed by atoms with E-state index in [1.807, 2.05) is 13.0 Å². The summed E-state index contributed by atoms with van der Waals surface area (Å²) in [4.78, 5) is 35.9. The highest BCUT2D eigenvalue weighted by atomic mass is 16.5. The van der Waals surface area contributed by atoms with Gasteiger partial charge in [-0.3, -0.25) is 9.59 Å². The van der Waals surface area contributed by atoms with Gasteiger partial charge in [-0.25, -0.2) is 4.79 Å². The lowest BCUT2D eigenvalue weighted by Crippen LogP contribution is -2.38. The highest BCUT2D eigenvalue weighted by Crippen LogP contribution is 2.37. The van der Waals surface area contributed by atoms with Crippen molar-refractivity contribution in [3.8, 4) is 0 Å². The molecular formula is C22H30O7. The number of unbranched alkanes of at least 4 members (excludes halogenated alkanes) is 3. The van der Waals surface area contributed by atoms with Gasteiger partial charge in [0.2, 0.25) is 0 Å². The smallest absolute Gasteiger partial charge is 0.332 e. The Morgan fingerprint density at radius 1 is 1.03 bits per heavy atom. The second-order valence-corrected chi connectivity index (χ2v) is 6.86. The fraction of sp³-hybridized carbons (Fsp3) is 0.500. The van der Waals surface area contributed by atoms with Crippen LogP contribution in [0.25, 0.3) is 0 Å². The van der Waals surface area contributed by atoms with Crippen LogP contribution in [0.4, 0.5) is 0 Å². The second-order valence-electron chi connectivity index (χ2n) is 6.86. The molecule has 0 aliphatic heterocycles. The fourth-order valence-electron chi connectivity index (χ4n) is 3.03. The van der Waals surface area contributed by atoms with Crippen molar-refractivity contribution in [2.75, 3.05) is 13.2 Å². The number of carboxylic acids is 2. The van der Waals surface area contributed by atoms with E-state index < -0.39 is 35.3 Å². The molecule has 0 bridgehead atoms. The number of hydrogen-bond donors (Lipinski definition) is 2. The van der Waals surface area contributed by atoms with E-state index >= 15 is 0 Å². The number of hydrogen-bond acceptors (Lipinski definition) is 5. The first kappa shape index (κ1) is 24.4. The van der Waals surface area contributed by atoms with Crippen molar-refractivity contribution in [1.82, 2.24) is 0 Å². The van der Waals surface area contributed by atoms with Crippen molar-refractivity contribution in [3.05, 3.63) is 48.0 Å². The first-order valence-corrected chi connectivity index (χ1v) is 9.77. The number of carbonyl (C=O) groups is 3. The lowest BCUT2D eigenvalue weighted by molar-refractivity contribution is -0.158. The van der Waals surface area contributed by atoms with Gasteiger partial charge in [0.15, 0.2) is 0 Å². The van der Waals surface area contributed by atoms with Crippen LogP contribution in [0, 0.1) is 5.41 Å². The zero-order valence-electron chi connectivity index (χ0n) is 16.9. The summed E-state index contributed by atoms with van der Waals surface area (Å²) in [5, 5.41) is 19.2. The molecule has 29 heavy (non-hydrogen) atoms. The van der Waals surface area contributed by atoms with E-state index in [4.69, 9.17) is 9.47 Å². The fourth-order valence-corrected chi connectivity index (χ4v) is 3.03. The molecule has 7 heteroatoms. The highest BCUT2D eigenvalue weighted by Gasteiger charge is 2.46. The van der Waals surface area contributed by atoms with E-state index in [9.17, 15) is 24.6 Å². The molecule has 0 saturated carbocycles. The Hall–Kier alpha value is -2.67. The van der Waals surface area contributed by atoms with Gasteiger partial charge in [-0.05, 0) is 25.3 Å². The number of esters is 1. The van der Waals surface area contributed by atoms with Crippen LogP contribution < -0.4 is 0 Å². The average Bonchev–Trinajstić information content (AvgIpc) is 2.70. The predicted molar refractivity (Wildman–Crippen MR) is 107 cm³/mol. The molecule has 1 aromatic rings. The number of ether oxygens (including phenoxy) is 2. The van der Waals surface area contributed by atoms with Crippen molar-refractivity contribution in [1.29, 1.82) is 0 Å². The molecule has 1 atom stereocenters. The first-order chi connectivity index (χ1) is 13.8. The maximum absolute atomic E-state index is 12.3. The van der Waals surface area contributed by atoms with Crippen molar-refractivity contribution < 1.29 is 34.1 Å². The molecule has 0 amide bonds. The van der Waals surface area contributed by atoms with Crippen LogP contribution in [-0.4, -0.2) is 41.3 Å². The van der Waals surface area contributed by atoms with Gasteiger partial charge in [-0.15, -0.1) is 0 Å². The van der Waals surface area contributed by atoms with E-state index in [1.165, 1.54) is 0 Å².